The summed E-state index contributed by atoms with van der Waals surface area (Å²) >= 11 is 7.39. The number of nitro benzene ring substituents is 1. The Morgan fingerprint density at radius 2 is 1.96 bits per heavy atom. The molecule has 6 nitrogen and oxygen atoms in total. The van der Waals surface area contributed by atoms with Gasteiger partial charge in [-0.05, 0) is 30.2 Å². The van der Waals surface area contributed by atoms with Crippen LogP contribution in [0.15, 0.2) is 59.8 Å². The number of nitrogens with zero attached hydrogens (tertiary/aromatic N) is 3. The van der Waals surface area contributed by atoms with Crippen LogP contribution in [0.25, 0.3) is 0 Å². The van der Waals surface area contributed by atoms with Gasteiger partial charge in [-0.15, -0.1) is 0 Å². The molecule has 0 bridgehead atoms. The Bertz CT molecular complexity index is 968. The Balaban J connectivity index is 1.77. The van der Waals surface area contributed by atoms with Gasteiger partial charge >= 0.3 is 0 Å². The standard InChI is InChI=1S/C19H16ClN3O3S/c1-2-15-11-18(26-17-8-4-6-14(20)10-17)22-19(21-15)27-12-13-5-3-7-16(9-13)23(24)25/h3-11H,2,12H2,1H3. The van der Waals surface area contributed by atoms with Gasteiger partial charge in [-0.2, -0.15) is 4.98 Å². The molecule has 0 saturated carbocycles. The predicted molar refractivity (Wildman–Crippen MR) is 106 cm³/mol. The largest absolute Gasteiger partial charge is 0.439 e. The Hall–Kier alpha value is -2.64. The van der Waals surface area contributed by atoms with Crippen molar-refractivity contribution in [3.63, 3.8) is 0 Å². The van der Waals surface area contributed by atoms with E-state index in [0.717, 1.165) is 17.7 Å². The van der Waals surface area contributed by atoms with Gasteiger partial charge in [-0.25, -0.2) is 4.98 Å². The summed E-state index contributed by atoms with van der Waals surface area (Å²) in [5, 5.41) is 12.0. The van der Waals surface area contributed by atoms with Gasteiger partial charge < -0.3 is 4.74 Å². The number of non-ortho nitro benzene ring substituents is 1. The van der Waals surface area contributed by atoms with E-state index in [2.05, 4.69) is 9.97 Å². The highest BCUT2D eigenvalue weighted by Crippen LogP contribution is 2.27. The van der Waals surface area contributed by atoms with Crippen molar-refractivity contribution in [3.05, 3.63) is 81.0 Å². The molecule has 0 amide bonds. The Kier molecular flexibility index (Phi) is 6.26. The first-order valence-corrected chi connectivity index (χ1v) is 9.57. The molecule has 8 heteroatoms. The average Bonchev–Trinajstić information content (AvgIpc) is 2.66. The number of aryl methyl sites for hydroxylation is 1. The molecule has 0 unspecified atom stereocenters. The molecule has 3 rings (SSSR count). The normalized spacial score (nSPS) is 10.6. The SMILES string of the molecule is CCc1cc(Oc2cccc(Cl)c2)nc(SCc2cccc([N+](=O)[O-])c2)n1. The number of ether oxygens (including phenoxy) is 1. The molecule has 3 aromatic rings. The van der Waals surface area contributed by atoms with Crippen LogP contribution >= 0.6 is 23.4 Å². The maximum Gasteiger partial charge on any atom is 0.269 e. The van der Waals surface area contributed by atoms with Crippen LogP contribution in [-0.2, 0) is 12.2 Å². The first-order valence-electron chi connectivity index (χ1n) is 8.21. The number of rotatable bonds is 7. The van der Waals surface area contributed by atoms with Crippen LogP contribution in [-0.4, -0.2) is 14.9 Å². The van der Waals surface area contributed by atoms with Gasteiger partial charge in [0.15, 0.2) is 5.16 Å². The molecular weight excluding hydrogens is 386 g/mol. The third kappa shape index (κ3) is 5.42. The van der Waals surface area contributed by atoms with Gasteiger partial charge in [0.1, 0.15) is 5.75 Å². The first kappa shape index (κ1) is 19.1. The van der Waals surface area contributed by atoms with Crippen LogP contribution < -0.4 is 4.74 Å². The van der Waals surface area contributed by atoms with Crippen LogP contribution in [0.5, 0.6) is 11.6 Å². The van der Waals surface area contributed by atoms with E-state index in [4.69, 9.17) is 16.3 Å². The zero-order valence-corrected chi connectivity index (χ0v) is 16.0. The molecule has 0 N–H and O–H groups in total. The van der Waals surface area contributed by atoms with E-state index >= 15 is 0 Å². The minimum Gasteiger partial charge on any atom is -0.439 e. The highest BCUT2D eigenvalue weighted by molar-refractivity contribution is 7.98. The van der Waals surface area contributed by atoms with E-state index < -0.39 is 4.92 Å². The smallest absolute Gasteiger partial charge is 0.269 e. The van der Waals surface area contributed by atoms with Crippen LogP contribution in [0, 0.1) is 10.1 Å². The molecule has 2 aromatic carbocycles. The van der Waals surface area contributed by atoms with Crippen molar-refractivity contribution in [2.75, 3.05) is 0 Å². The van der Waals surface area contributed by atoms with Gasteiger partial charge in [0.05, 0.1) is 4.92 Å². The van der Waals surface area contributed by atoms with Gasteiger partial charge in [0.25, 0.3) is 5.69 Å². The lowest BCUT2D eigenvalue weighted by Gasteiger charge is -2.09. The van der Waals surface area contributed by atoms with E-state index in [0.29, 0.717) is 27.6 Å². The molecule has 0 atom stereocenters. The molecule has 0 saturated heterocycles. The summed E-state index contributed by atoms with van der Waals surface area (Å²) in [7, 11) is 0. The van der Waals surface area contributed by atoms with Gasteiger partial charge in [-0.3, -0.25) is 10.1 Å². The first-order chi connectivity index (χ1) is 13.0. The monoisotopic (exact) mass is 401 g/mol. The minimum absolute atomic E-state index is 0.0707. The van der Waals surface area contributed by atoms with E-state index in [9.17, 15) is 10.1 Å². The van der Waals surface area contributed by atoms with Crippen molar-refractivity contribution in [2.45, 2.75) is 24.3 Å². The molecule has 27 heavy (non-hydrogen) atoms. The fraction of sp³-hybridized carbons (Fsp3) is 0.158. The molecule has 0 spiro atoms. The van der Waals surface area contributed by atoms with Gasteiger partial charge in [0, 0.05) is 34.7 Å². The molecular formula is C19H16ClN3O3S. The van der Waals surface area contributed by atoms with Crippen molar-refractivity contribution < 1.29 is 9.66 Å². The summed E-state index contributed by atoms with van der Waals surface area (Å²) in [5.74, 6) is 1.55. The minimum atomic E-state index is -0.403. The average molecular weight is 402 g/mol. The number of hydrogen-bond acceptors (Lipinski definition) is 6. The molecule has 1 aromatic heterocycles. The number of halogens is 1. The van der Waals surface area contributed by atoms with Crippen LogP contribution in [0.1, 0.15) is 18.2 Å². The molecule has 138 valence electrons. The Labute approximate surface area is 165 Å². The van der Waals surface area contributed by atoms with Crippen molar-refractivity contribution >= 4 is 29.1 Å². The Morgan fingerprint density at radius 3 is 2.70 bits per heavy atom. The van der Waals surface area contributed by atoms with Gasteiger partial charge in [-0.1, -0.05) is 48.5 Å². The number of aromatic nitrogens is 2. The number of thioether (sulfide) groups is 1. The summed E-state index contributed by atoms with van der Waals surface area (Å²) < 4.78 is 5.81. The van der Waals surface area contributed by atoms with Gasteiger partial charge in [0.2, 0.25) is 5.88 Å². The maximum absolute atomic E-state index is 10.9. The predicted octanol–water partition coefficient (Wildman–Crippen LogP) is 5.69. The third-order valence-corrected chi connectivity index (χ3v) is 4.76. The molecule has 0 fully saturated rings. The van der Waals surface area contributed by atoms with Crippen molar-refractivity contribution in [1.29, 1.82) is 0 Å². The Morgan fingerprint density at radius 1 is 1.15 bits per heavy atom. The van der Waals surface area contributed by atoms with Crippen LogP contribution in [0.4, 0.5) is 5.69 Å². The molecule has 0 aliphatic rings. The van der Waals surface area contributed by atoms with Crippen molar-refractivity contribution in [3.8, 4) is 11.6 Å². The second kappa shape index (κ2) is 8.83. The van der Waals surface area contributed by atoms with Crippen molar-refractivity contribution in [1.82, 2.24) is 9.97 Å². The number of hydrogen-bond donors (Lipinski definition) is 0. The topological polar surface area (TPSA) is 78.2 Å². The molecule has 0 radical (unpaired) electrons. The highest BCUT2D eigenvalue weighted by Gasteiger charge is 2.10. The zero-order chi connectivity index (χ0) is 19.2. The zero-order valence-electron chi connectivity index (χ0n) is 14.5. The molecule has 0 aliphatic carbocycles. The summed E-state index contributed by atoms with van der Waals surface area (Å²) in [4.78, 5) is 19.4. The summed E-state index contributed by atoms with van der Waals surface area (Å²) in [6.07, 6.45) is 0.735. The third-order valence-electron chi connectivity index (χ3n) is 3.61. The quantitative estimate of drug-likeness (QED) is 0.219. The van der Waals surface area contributed by atoms with E-state index in [1.54, 1.807) is 42.5 Å². The second-order valence-electron chi connectivity index (χ2n) is 5.61. The van der Waals surface area contributed by atoms with Crippen molar-refractivity contribution in [2.24, 2.45) is 0 Å². The molecule has 1 heterocycles. The summed E-state index contributed by atoms with van der Waals surface area (Å²) in [6, 6.07) is 15.4. The molecule has 0 aliphatic heterocycles. The fourth-order valence-corrected chi connectivity index (χ4v) is 3.30. The number of benzene rings is 2. The lowest BCUT2D eigenvalue weighted by molar-refractivity contribution is -0.384. The lowest BCUT2D eigenvalue weighted by Crippen LogP contribution is -1.97. The fourth-order valence-electron chi connectivity index (χ4n) is 2.31. The van der Waals surface area contributed by atoms with E-state index in [-0.39, 0.29) is 5.69 Å². The lowest BCUT2D eigenvalue weighted by atomic mass is 10.2. The van der Waals surface area contributed by atoms with Crippen LogP contribution in [0.3, 0.4) is 0 Å². The van der Waals surface area contributed by atoms with E-state index in [1.807, 2.05) is 13.0 Å². The van der Waals surface area contributed by atoms with Crippen LogP contribution in [0.2, 0.25) is 5.02 Å². The maximum atomic E-state index is 10.9. The summed E-state index contributed by atoms with van der Waals surface area (Å²) in [5.41, 5.74) is 1.75. The second-order valence-corrected chi connectivity index (χ2v) is 6.99. The van der Waals surface area contributed by atoms with E-state index in [1.165, 1.54) is 17.8 Å². The highest BCUT2D eigenvalue weighted by atomic mass is 35.5. The summed E-state index contributed by atoms with van der Waals surface area (Å²) in [6.45, 7) is 2.00. The number of nitro groups is 1.